The summed E-state index contributed by atoms with van der Waals surface area (Å²) in [6.07, 6.45) is 1.42. The molecular weight excluding hydrogens is 262 g/mol. The van der Waals surface area contributed by atoms with E-state index in [1.54, 1.807) is 7.11 Å². The van der Waals surface area contributed by atoms with Gasteiger partial charge in [-0.1, -0.05) is 54.6 Å². The van der Waals surface area contributed by atoms with Crippen molar-refractivity contribution in [2.45, 2.75) is 25.0 Å². The standard InChI is InChI=1S/C18H19NO2/c1-21-17(14-8-3-2-4-9-14)18(20)19-16-12-11-13-7-5-6-10-15(13)16/h2-10,16-17H,11-12H2,1H3,(H,19,20)/t16-,17-/m0/s1. The lowest BCUT2D eigenvalue weighted by Gasteiger charge is -2.20. The van der Waals surface area contributed by atoms with Gasteiger partial charge in [-0.15, -0.1) is 0 Å². The Kier molecular flexibility index (Phi) is 4.02. The van der Waals surface area contributed by atoms with Crippen LogP contribution in [-0.2, 0) is 16.0 Å². The maximum atomic E-state index is 12.5. The molecule has 0 aromatic heterocycles. The van der Waals surface area contributed by atoms with Gasteiger partial charge in [-0.2, -0.15) is 0 Å². The van der Waals surface area contributed by atoms with Crippen LogP contribution in [0.2, 0.25) is 0 Å². The predicted octanol–water partition coefficient (Wildman–Crippen LogP) is 3.18. The van der Waals surface area contributed by atoms with Crippen LogP contribution in [0.3, 0.4) is 0 Å². The molecule has 2 aromatic rings. The average Bonchev–Trinajstić information content (AvgIpc) is 2.92. The third-order valence-electron chi connectivity index (χ3n) is 4.03. The van der Waals surface area contributed by atoms with Gasteiger partial charge < -0.3 is 10.1 Å². The Bertz CT molecular complexity index is 624. The smallest absolute Gasteiger partial charge is 0.254 e. The molecule has 21 heavy (non-hydrogen) atoms. The highest BCUT2D eigenvalue weighted by atomic mass is 16.5. The minimum Gasteiger partial charge on any atom is -0.367 e. The predicted molar refractivity (Wildman–Crippen MR) is 81.8 cm³/mol. The summed E-state index contributed by atoms with van der Waals surface area (Å²) in [6.45, 7) is 0. The molecule has 2 atom stereocenters. The van der Waals surface area contributed by atoms with Crippen molar-refractivity contribution < 1.29 is 9.53 Å². The molecule has 0 saturated carbocycles. The van der Waals surface area contributed by atoms with Gasteiger partial charge in [0.15, 0.2) is 6.10 Å². The van der Waals surface area contributed by atoms with Crippen molar-refractivity contribution in [2.24, 2.45) is 0 Å². The number of carbonyl (C=O) groups excluding carboxylic acids is 1. The number of rotatable bonds is 4. The van der Waals surface area contributed by atoms with E-state index in [-0.39, 0.29) is 11.9 Å². The van der Waals surface area contributed by atoms with Gasteiger partial charge >= 0.3 is 0 Å². The molecule has 108 valence electrons. The third kappa shape index (κ3) is 2.83. The molecular formula is C18H19NO2. The minimum atomic E-state index is -0.557. The molecule has 3 heteroatoms. The van der Waals surface area contributed by atoms with E-state index >= 15 is 0 Å². The molecule has 0 bridgehead atoms. The van der Waals surface area contributed by atoms with Crippen molar-refractivity contribution >= 4 is 5.91 Å². The maximum absolute atomic E-state index is 12.5. The molecule has 0 unspecified atom stereocenters. The van der Waals surface area contributed by atoms with Crippen molar-refractivity contribution in [1.82, 2.24) is 5.32 Å². The first-order chi connectivity index (χ1) is 10.3. The Labute approximate surface area is 124 Å². The van der Waals surface area contributed by atoms with Gasteiger partial charge in [0.2, 0.25) is 0 Å². The summed E-state index contributed by atoms with van der Waals surface area (Å²) in [4.78, 5) is 12.5. The lowest BCUT2D eigenvalue weighted by molar-refractivity contribution is -0.132. The van der Waals surface area contributed by atoms with Crippen LogP contribution in [0.4, 0.5) is 0 Å². The first-order valence-corrected chi connectivity index (χ1v) is 7.25. The van der Waals surface area contributed by atoms with Crippen LogP contribution >= 0.6 is 0 Å². The molecule has 3 rings (SSSR count). The summed E-state index contributed by atoms with van der Waals surface area (Å²) >= 11 is 0. The molecule has 0 fully saturated rings. The molecule has 1 amide bonds. The monoisotopic (exact) mass is 281 g/mol. The highest BCUT2D eigenvalue weighted by Crippen LogP contribution is 2.31. The van der Waals surface area contributed by atoms with E-state index in [4.69, 9.17) is 4.74 Å². The van der Waals surface area contributed by atoms with Gasteiger partial charge in [-0.3, -0.25) is 4.79 Å². The Morgan fingerprint density at radius 1 is 1.14 bits per heavy atom. The molecule has 0 heterocycles. The van der Waals surface area contributed by atoms with Crippen LogP contribution in [0, 0.1) is 0 Å². The number of carbonyl (C=O) groups is 1. The van der Waals surface area contributed by atoms with E-state index in [9.17, 15) is 4.79 Å². The van der Waals surface area contributed by atoms with Gasteiger partial charge in [0.25, 0.3) is 5.91 Å². The van der Waals surface area contributed by atoms with E-state index in [2.05, 4.69) is 17.4 Å². The zero-order valence-corrected chi connectivity index (χ0v) is 12.1. The highest BCUT2D eigenvalue weighted by molar-refractivity contribution is 5.82. The fourth-order valence-corrected chi connectivity index (χ4v) is 2.98. The lowest BCUT2D eigenvalue weighted by atomic mass is 10.1. The number of hydrogen-bond acceptors (Lipinski definition) is 2. The van der Waals surface area contributed by atoms with Crippen molar-refractivity contribution in [3.63, 3.8) is 0 Å². The second-order valence-corrected chi connectivity index (χ2v) is 5.33. The normalized spacial score (nSPS) is 18.0. The second kappa shape index (κ2) is 6.10. The molecule has 2 aromatic carbocycles. The molecule has 0 spiro atoms. The van der Waals surface area contributed by atoms with Crippen molar-refractivity contribution in [3.05, 3.63) is 71.3 Å². The molecule has 1 aliphatic rings. The fourth-order valence-electron chi connectivity index (χ4n) is 2.98. The number of methoxy groups -OCH3 is 1. The number of ether oxygens (including phenoxy) is 1. The van der Waals surface area contributed by atoms with Crippen LogP contribution < -0.4 is 5.32 Å². The Balaban J connectivity index is 1.75. The van der Waals surface area contributed by atoms with Gasteiger partial charge in [0.05, 0.1) is 6.04 Å². The number of hydrogen-bond donors (Lipinski definition) is 1. The summed E-state index contributed by atoms with van der Waals surface area (Å²) in [7, 11) is 1.57. The van der Waals surface area contributed by atoms with Crippen LogP contribution in [0.25, 0.3) is 0 Å². The Hall–Kier alpha value is -2.13. The van der Waals surface area contributed by atoms with Gasteiger partial charge in [0.1, 0.15) is 0 Å². The van der Waals surface area contributed by atoms with Gasteiger partial charge in [0, 0.05) is 7.11 Å². The molecule has 0 saturated heterocycles. The largest absolute Gasteiger partial charge is 0.367 e. The summed E-state index contributed by atoms with van der Waals surface area (Å²) in [5.74, 6) is -0.0783. The average molecular weight is 281 g/mol. The van der Waals surface area contributed by atoms with Crippen molar-refractivity contribution in [1.29, 1.82) is 0 Å². The first-order valence-electron chi connectivity index (χ1n) is 7.25. The van der Waals surface area contributed by atoms with E-state index < -0.39 is 6.10 Å². The Morgan fingerprint density at radius 2 is 1.86 bits per heavy atom. The summed E-state index contributed by atoms with van der Waals surface area (Å²) in [5.41, 5.74) is 3.44. The van der Waals surface area contributed by atoms with Gasteiger partial charge in [-0.05, 0) is 29.5 Å². The van der Waals surface area contributed by atoms with E-state index in [1.807, 2.05) is 42.5 Å². The molecule has 1 N–H and O–H groups in total. The molecule has 0 radical (unpaired) electrons. The van der Waals surface area contributed by atoms with Gasteiger partial charge in [-0.25, -0.2) is 0 Å². The molecule has 3 nitrogen and oxygen atoms in total. The van der Waals surface area contributed by atoms with E-state index in [0.29, 0.717) is 0 Å². The summed E-state index contributed by atoms with van der Waals surface area (Å²) in [5, 5.41) is 3.12. The Morgan fingerprint density at radius 3 is 2.62 bits per heavy atom. The fraction of sp³-hybridized carbons (Fsp3) is 0.278. The quantitative estimate of drug-likeness (QED) is 0.934. The maximum Gasteiger partial charge on any atom is 0.254 e. The first kappa shape index (κ1) is 13.8. The number of nitrogens with one attached hydrogen (secondary N) is 1. The number of amides is 1. The van der Waals surface area contributed by atoms with E-state index in [1.165, 1.54) is 11.1 Å². The number of aryl methyl sites for hydroxylation is 1. The van der Waals surface area contributed by atoms with Crippen LogP contribution in [0.1, 0.15) is 35.3 Å². The van der Waals surface area contributed by atoms with Crippen LogP contribution in [-0.4, -0.2) is 13.0 Å². The minimum absolute atomic E-state index is 0.0783. The summed E-state index contributed by atoms with van der Waals surface area (Å²) < 4.78 is 5.38. The highest BCUT2D eigenvalue weighted by Gasteiger charge is 2.27. The summed E-state index contributed by atoms with van der Waals surface area (Å²) in [6, 6.07) is 18.0. The lowest BCUT2D eigenvalue weighted by Crippen LogP contribution is -2.32. The van der Waals surface area contributed by atoms with Crippen molar-refractivity contribution in [3.8, 4) is 0 Å². The third-order valence-corrected chi connectivity index (χ3v) is 4.03. The topological polar surface area (TPSA) is 38.3 Å². The van der Waals surface area contributed by atoms with Crippen molar-refractivity contribution in [2.75, 3.05) is 7.11 Å². The molecule has 0 aliphatic heterocycles. The number of fused-ring (bicyclic) bond motifs is 1. The van der Waals surface area contributed by atoms with Crippen LogP contribution in [0.15, 0.2) is 54.6 Å². The van der Waals surface area contributed by atoms with Crippen LogP contribution in [0.5, 0.6) is 0 Å². The zero-order valence-electron chi connectivity index (χ0n) is 12.1. The zero-order chi connectivity index (χ0) is 14.7. The van der Waals surface area contributed by atoms with E-state index in [0.717, 1.165) is 18.4 Å². The second-order valence-electron chi connectivity index (χ2n) is 5.33. The number of benzene rings is 2. The molecule has 1 aliphatic carbocycles. The SMILES string of the molecule is CO[C@H](C(=O)N[C@H]1CCc2ccccc21)c1ccccc1.